The predicted molar refractivity (Wildman–Crippen MR) is 145 cm³/mol. The van der Waals surface area contributed by atoms with Crippen molar-refractivity contribution in [2.24, 2.45) is 0 Å². The molecular weight excluding hydrogens is 520 g/mol. The third kappa shape index (κ3) is 5.41. The number of halogens is 4. The fourth-order valence-electron chi connectivity index (χ4n) is 4.68. The van der Waals surface area contributed by atoms with Crippen molar-refractivity contribution in [3.05, 3.63) is 101 Å². The average Bonchev–Trinajstić information content (AvgIpc) is 3.57. The molecule has 206 valence electrons. The number of benzene rings is 3. The molecule has 5 nitrogen and oxygen atoms in total. The fraction of sp³-hybridized carbons (Fsp3) is 0.258. The zero-order valence-electron chi connectivity index (χ0n) is 22.5. The van der Waals surface area contributed by atoms with Crippen LogP contribution in [0.1, 0.15) is 62.4 Å². The minimum Gasteiger partial charge on any atom is -0.339 e. The van der Waals surface area contributed by atoms with Crippen molar-refractivity contribution >= 4 is 0 Å². The summed E-state index contributed by atoms with van der Waals surface area (Å²) >= 11 is 0. The molecule has 9 heteroatoms. The van der Waals surface area contributed by atoms with Gasteiger partial charge in [-0.2, -0.15) is 18.2 Å². The highest BCUT2D eigenvalue weighted by Crippen LogP contribution is 2.35. The van der Waals surface area contributed by atoms with Crippen molar-refractivity contribution in [2.75, 3.05) is 0 Å². The van der Waals surface area contributed by atoms with Gasteiger partial charge in [-0.25, -0.2) is 9.37 Å². The van der Waals surface area contributed by atoms with Gasteiger partial charge in [0, 0.05) is 23.4 Å². The average molecular weight is 549 g/mol. The summed E-state index contributed by atoms with van der Waals surface area (Å²) in [5.74, 6) is 0.471. The van der Waals surface area contributed by atoms with Gasteiger partial charge in [0.25, 0.3) is 0 Å². The Kier molecular flexibility index (Phi) is 7.31. The number of nitrogens with zero attached hydrogens (tertiary/aromatic N) is 4. The van der Waals surface area contributed by atoms with E-state index in [1.54, 1.807) is 56.3 Å². The molecule has 5 aromatic rings. The van der Waals surface area contributed by atoms with E-state index < -0.39 is 17.7 Å². The zero-order chi connectivity index (χ0) is 28.6. The van der Waals surface area contributed by atoms with Crippen LogP contribution in [0.25, 0.3) is 33.9 Å². The normalized spacial score (nSPS) is 12.1. The SMILES string of the molecule is CC(C)c1ccccc1-c1cccc(-c2noc(Cc3ccc(-c4nc(C(F)(F)F)cn4C(C)C)cc3)n2)c1F. The Bertz CT molecular complexity index is 1630. The van der Waals surface area contributed by atoms with Crippen LogP contribution in [0, 0.1) is 5.82 Å². The lowest BCUT2D eigenvalue weighted by atomic mass is 9.91. The van der Waals surface area contributed by atoms with Gasteiger partial charge < -0.3 is 9.09 Å². The Hall–Kier alpha value is -4.27. The van der Waals surface area contributed by atoms with E-state index in [2.05, 4.69) is 29.0 Å². The molecule has 0 atom stereocenters. The van der Waals surface area contributed by atoms with Gasteiger partial charge in [0.15, 0.2) is 5.69 Å². The van der Waals surface area contributed by atoms with E-state index in [1.165, 1.54) is 4.57 Å². The van der Waals surface area contributed by atoms with E-state index >= 15 is 4.39 Å². The minimum absolute atomic E-state index is 0.145. The molecular formula is C31H28F4N4O. The summed E-state index contributed by atoms with van der Waals surface area (Å²) in [7, 11) is 0. The van der Waals surface area contributed by atoms with Crippen LogP contribution < -0.4 is 0 Å². The smallest absolute Gasteiger partial charge is 0.339 e. The van der Waals surface area contributed by atoms with Crippen LogP contribution in [0.5, 0.6) is 0 Å². The van der Waals surface area contributed by atoms with Crippen molar-refractivity contribution in [3.8, 4) is 33.9 Å². The molecule has 0 aliphatic carbocycles. The van der Waals surface area contributed by atoms with Crippen molar-refractivity contribution in [3.63, 3.8) is 0 Å². The Balaban J connectivity index is 1.39. The Morgan fingerprint density at radius 3 is 2.17 bits per heavy atom. The maximum atomic E-state index is 15.7. The Labute approximate surface area is 229 Å². The van der Waals surface area contributed by atoms with E-state index in [4.69, 9.17) is 4.52 Å². The molecule has 0 radical (unpaired) electrons. The van der Waals surface area contributed by atoms with Crippen LogP contribution >= 0.6 is 0 Å². The summed E-state index contributed by atoms with van der Waals surface area (Å²) in [6.07, 6.45) is -3.22. The highest BCUT2D eigenvalue weighted by atomic mass is 19.4. The van der Waals surface area contributed by atoms with Crippen LogP contribution in [0.4, 0.5) is 17.6 Å². The van der Waals surface area contributed by atoms with E-state index in [0.29, 0.717) is 11.1 Å². The van der Waals surface area contributed by atoms with Gasteiger partial charge >= 0.3 is 6.18 Å². The second-order valence-corrected chi connectivity index (χ2v) is 10.2. The summed E-state index contributed by atoms with van der Waals surface area (Å²) < 4.78 is 62.4. The van der Waals surface area contributed by atoms with E-state index in [-0.39, 0.29) is 41.5 Å². The number of imidazole rings is 1. The fourth-order valence-corrected chi connectivity index (χ4v) is 4.68. The van der Waals surface area contributed by atoms with E-state index in [0.717, 1.165) is 22.9 Å². The summed E-state index contributed by atoms with van der Waals surface area (Å²) in [6, 6.07) is 19.6. The van der Waals surface area contributed by atoms with Crippen molar-refractivity contribution < 1.29 is 22.1 Å². The van der Waals surface area contributed by atoms with Crippen LogP contribution in [-0.2, 0) is 12.6 Å². The van der Waals surface area contributed by atoms with Crippen LogP contribution in [0.15, 0.2) is 77.4 Å². The molecule has 0 fully saturated rings. The summed E-state index contributed by atoms with van der Waals surface area (Å²) in [4.78, 5) is 8.26. The first-order valence-electron chi connectivity index (χ1n) is 13.0. The van der Waals surface area contributed by atoms with Gasteiger partial charge in [-0.1, -0.05) is 79.7 Å². The molecule has 0 unspecified atom stereocenters. The molecule has 0 saturated heterocycles. The zero-order valence-corrected chi connectivity index (χ0v) is 22.5. The monoisotopic (exact) mass is 548 g/mol. The number of hydrogen-bond donors (Lipinski definition) is 0. The predicted octanol–water partition coefficient (Wildman–Crippen LogP) is 8.72. The highest BCUT2D eigenvalue weighted by molar-refractivity contribution is 5.74. The van der Waals surface area contributed by atoms with Gasteiger partial charge in [0.05, 0.1) is 12.0 Å². The molecule has 0 spiro atoms. The third-order valence-corrected chi connectivity index (χ3v) is 6.73. The molecule has 40 heavy (non-hydrogen) atoms. The molecule has 0 aliphatic heterocycles. The lowest BCUT2D eigenvalue weighted by molar-refractivity contribution is -0.140. The Morgan fingerprint density at radius 2 is 1.50 bits per heavy atom. The van der Waals surface area contributed by atoms with Crippen molar-refractivity contribution in [1.82, 2.24) is 19.7 Å². The molecule has 0 saturated carbocycles. The maximum absolute atomic E-state index is 15.7. The summed E-state index contributed by atoms with van der Waals surface area (Å²) in [6.45, 7) is 7.73. The first-order valence-corrected chi connectivity index (χ1v) is 13.0. The topological polar surface area (TPSA) is 56.7 Å². The second-order valence-electron chi connectivity index (χ2n) is 10.2. The van der Waals surface area contributed by atoms with Crippen LogP contribution in [0.2, 0.25) is 0 Å². The third-order valence-electron chi connectivity index (χ3n) is 6.73. The largest absolute Gasteiger partial charge is 0.434 e. The lowest BCUT2D eigenvalue weighted by Gasteiger charge is -2.14. The first-order chi connectivity index (χ1) is 19.0. The molecule has 0 amide bonds. The van der Waals surface area contributed by atoms with E-state index in [1.807, 2.05) is 24.3 Å². The minimum atomic E-state index is -4.53. The number of hydrogen-bond acceptors (Lipinski definition) is 4. The van der Waals surface area contributed by atoms with Gasteiger partial charge in [-0.3, -0.25) is 0 Å². The van der Waals surface area contributed by atoms with E-state index in [9.17, 15) is 13.2 Å². The first kappa shape index (κ1) is 27.3. The van der Waals surface area contributed by atoms with Gasteiger partial charge in [0.1, 0.15) is 11.6 Å². The standard InChI is InChI=1S/C31H28F4N4O/c1-18(2)22-8-5-6-9-23(22)24-10-7-11-25(28(24)32)29-37-27(40-38-29)16-20-12-14-21(15-13-20)30-36-26(31(33,34)35)17-39(30)19(3)4/h5-15,17-19H,16H2,1-4H3. The molecule has 3 aromatic carbocycles. The molecule has 5 rings (SSSR count). The number of aromatic nitrogens is 4. The van der Waals surface area contributed by atoms with Crippen LogP contribution in [-0.4, -0.2) is 19.7 Å². The molecule has 2 heterocycles. The molecule has 0 bridgehead atoms. The maximum Gasteiger partial charge on any atom is 0.434 e. The number of alkyl halides is 3. The van der Waals surface area contributed by atoms with Crippen molar-refractivity contribution in [2.45, 2.75) is 52.3 Å². The molecule has 0 aliphatic rings. The second kappa shape index (κ2) is 10.7. The Morgan fingerprint density at radius 1 is 0.825 bits per heavy atom. The van der Waals surface area contributed by atoms with Gasteiger partial charge in [0.2, 0.25) is 11.7 Å². The van der Waals surface area contributed by atoms with Crippen molar-refractivity contribution in [1.29, 1.82) is 0 Å². The van der Waals surface area contributed by atoms with Gasteiger partial charge in [-0.05, 0) is 42.5 Å². The van der Waals surface area contributed by atoms with Crippen LogP contribution in [0.3, 0.4) is 0 Å². The highest BCUT2D eigenvalue weighted by Gasteiger charge is 2.35. The molecule has 2 aromatic heterocycles. The van der Waals surface area contributed by atoms with Gasteiger partial charge in [-0.15, -0.1) is 0 Å². The number of rotatable bonds is 7. The molecule has 0 N–H and O–H groups in total. The lowest BCUT2D eigenvalue weighted by Crippen LogP contribution is -2.05. The summed E-state index contributed by atoms with van der Waals surface area (Å²) in [5, 5.41) is 4.01. The summed E-state index contributed by atoms with van der Waals surface area (Å²) in [5.41, 5.74) is 3.00. The quantitative estimate of drug-likeness (QED) is 0.191.